The Bertz CT molecular complexity index is 262. The molecule has 0 aromatic heterocycles. The lowest BCUT2D eigenvalue weighted by Gasteiger charge is -2.29. The third kappa shape index (κ3) is 2.38. The number of hydrogen-bond acceptors (Lipinski definition) is 3. The minimum Gasteiger partial charge on any atom is -0.364 e. The fourth-order valence-electron chi connectivity index (χ4n) is 2.44. The summed E-state index contributed by atoms with van der Waals surface area (Å²) in [5.41, 5.74) is 5.55. The molecule has 4 nitrogen and oxygen atoms in total. The second kappa shape index (κ2) is 4.72. The van der Waals surface area contributed by atoms with Crippen molar-refractivity contribution in [1.29, 1.82) is 0 Å². The number of nitrogens with two attached hydrogens (primary N) is 1. The second-order valence-corrected chi connectivity index (χ2v) is 5.13. The Morgan fingerprint density at radius 1 is 1.38 bits per heavy atom. The highest BCUT2D eigenvalue weighted by atomic mass is 16.5. The predicted octanol–water partition coefficient (Wildman–Crippen LogP) is 0.892. The highest BCUT2D eigenvalue weighted by molar-refractivity contribution is 5.82. The van der Waals surface area contributed by atoms with E-state index in [2.05, 4.69) is 13.8 Å². The van der Waals surface area contributed by atoms with Crippen LogP contribution in [0.15, 0.2) is 0 Å². The summed E-state index contributed by atoms with van der Waals surface area (Å²) in [5, 5.41) is 0. The lowest BCUT2D eigenvalue weighted by molar-refractivity contribution is -0.145. The largest absolute Gasteiger partial charge is 0.364 e. The fourth-order valence-corrected chi connectivity index (χ4v) is 2.44. The summed E-state index contributed by atoms with van der Waals surface area (Å²) in [6.45, 7) is 4.67. The van der Waals surface area contributed by atoms with Crippen LogP contribution in [-0.4, -0.2) is 41.6 Å². The monoisotopic (exact) mass is 226 g/mol. The summed E-state index contributed by atoms with van der Waals surface area (Å²) >= 11 is 0. The molecule has 1 amide bonds. The molecule has 2 aliphatic rings. The van der Waals surface area contributed by atoms with E-state index >= 15 is 0 Å². The van der Waals surface area contributed by atoms with Crippen molar-refractivity contribution in [2.75, 3.05) is 6.54 Å². The molecule has 1 heterocycles. The average Bonchev–Trinajstić information content (AvgIpc) is 2.95. The number of ether oxygens (including phenoxy) is 1. The van der Waals surface area contributed by atoms with Crippen LogP contribution in [-0.2, 0) is 9.53 Å². The molecule has 0 aromatic carbocycles. The van der Waals surface area contributed by atoms with Gasteiger partial charge in [0.05, 0.1) is 6.10 Å². The molecule has 92 valence electrons. The van der Waals surface area contributed by atoms with Gasteiger partial charge >= 0.3 is 0 Å². The van der Waals surface area contributed by atoms with Crippen molar-refractivity contribution in [3.05, 3.63) is 0 Å². The lowest BCUT2D eigenvalue weighted by atomic mass is 10.1. The van der Waals surface area contributed by atoms with Gasteiger partial charge in [-0.15, -0.1) is 0 Å². The van der Waals surface area contributed by atoms with Crippen LogP contribution in [0.5, 0.6) is 0 Å². The average molecular weight is 226 g/mol. The van der Waals surface area contributed by atoms with E-state index in [0.717, 1.165) is 25.7 Å². The van der Waals surface area contributed by atoms with Gasteiger partial charge in [0.2, 0.25) is 0 Å². The molecule has 2 N–H and O–H groups in total. The van der Waals surface area contributed by atoms with Crippen LogP contribution in [0.1, 0.15) is 39.5 Å². The van der Waals surface area contributed by atoms with Crippen LogP contribution in [0.3, 0.4) is 0 Å². The molecule has 0 unspecified atom stereocenters. The smallest absolute Gasteiger partial charge is 0.252 e. The topological polar surface area (TPSA) is 55.6 Å². The molecule has 0 aromatic rings. The summed E-state index contributed by atoms with van der Waals surface area (Å²) in [5.74, 6) is 0.174. The molecule has 16 heavy (non-hydrogen) atoms. The molecular formula is C12H22N2O2. The van der Waals surface area contributed by atoms with E-state index < -0.39 is 0 Å². The van der Waals surface area contributed by atoms with Crippen LogP contribution in [0.25, 0.3) is 0 Å². The zero-order chi connectivity index (χ0) is 11.7. The van der Waals surface area contributed by atoms with Crippen LogP contribution < -0.4 is 5.73 Å². The first-order chi connectivity index (χ1) is 7.63. The van der Waals surface area contributed by atoms with Gasteiger partial charge in [0.15, 0.2) is 0 Å². The van der Waals surface area contributed by atoms with Gasteiger partial charge in [-0.1, -0.05) is 0 Å². The molecule has 2 fully saturated rings. The number of hydrogen-bond donors (Lipinski definition) is 1. The predicted molar refractivity (Wildman–Crippen MR) is 62.0 cm³/mol. The number of rotatable bonds is 4. The SMILES string of the molecule is CC(C)N(C(=O)[C@@H]1CC[C@H](CN)O1)C1CC1. The number of carbonyl (C=O) groups excluding carboxylic acids is 1. The van der Waals surface area contributed by atoms with E-state index in [9.17, 15) is 4.79 Å². The maximum absolute atomic E-state index is 12.3. The third-order valence-corrected chi connectivity index (χ3v) is 3.40. The van der Waals surface area contributed by atoms with Gasteiger partial charge < -0.3 is 15.4 Å². The van der Waals surface area contributed by atoms with Crippen molar-refractivity contribution in [3.63, 3.8) is 0 Å². The normalized spacial score (nSPS) is 29.8. The van der Waals surface area contributed by atoms with E-state index in [1.54, 1.807) is 0 Å². The second-order valence-electron chi connectivity index (χ2n) is 5.13. The number of carbonyl (C=O) groups is 1. The molecular weight excluding hydrogens is 204 g/mol. The van der Waals surface area contributed by atoms with Gasteiger partial charge in [0.25, 0.3) is 5.91 Å². The molecule has 0 bridgehead atoms. The van der Waals surface area contributed by atoms with Crippen molar-refractivity contribution < 1.29 is 9.53 Å². The van der Waals surface area contributed by atoms with E-state index in [-0.39, 0.29) is 24.2 Å². The first kappa shape index (κ1) is 11.9. The van der Waals surface area contributed by atoms with Gasteiger partial charge in [0.1, 0.15) is 6.10 Å². The highest BCUT2D eigenvalue weighted by Crippen LogP contribution is 2.31. The van der Waals surface area contributed by atoms with Gasteiger partial charge in [-0.25, -0.2) is 0 Å². The molecule has 1 saturated heterocycles. The number of nitrogens with zero attached hydrogens (tertiary/aromatic N) is 1. The first-order valence-electron chi connectivity index (χ1n) is 6.31. The summed E-state index contributed by atoms with van der Waals surface area (Å²) in [6.07, 6.45) is 3.90. The Kier molecular flexibility index (Phi) is 3.50. The molecule has 4 heteroatoms. The Balaban J connectivity index is 1.95. The Hall–Kier alpha value is -0.610. The Morgan fingerprint density at radius 2 is 2.06 bits per heavy atom. The minimum atomic E-state index is -0.239. The minimum absolute atomic E-state index is 0.0853. The van der Waals surface area contributed by atoms with E-state index in [1.807, 2.05) is 4.90 Å². The molecule has 2 rings (SSSR count). The molecule has 2 atom stereocenters. The molecule has 0 radical (unpaired) electrons. The van der Waals surface area contributed by atoms with Crippen molar-refractivity contribution in [2.24, 2.45) is 5.73 Å². The molecule has 1 aliphatic heterocycles. The quantitative estimate of drug-likeness (QED) is 0.774. The van der Waals surface area contributed by atoms with Crippen molar-refractivity contribution in [1.82, 2.24) is 4.90 Å². The van der Waals surface area contributed by atoms with Crippen LogP contribution in [0.2, 0.25) is 0 Å². The first-order valence-corrected chi connectivity index (χ1v) is 6.31. The molecule has 1 saturated carbocycles. The van der Waals surface area contributed by atoms with E-state index in [0.29, 0.717) is 12.6 Å². The van der Waals surface area contributed by atoms with Crippen LogP contribution in [0, 0.1) is 0 Å². The van der Waals surface area contributed by atoms with Gasteiger partial charge in [-0.2, -0.15) is 0 Å². The highest BCUT2D eigenvalue weighted by Gasteiger charge is 2.40. The van der Waals surface area contributed by atoms with Gasteiger partial charge in [-0.05, 0) is 39.5 Å². The fraction of sp³-hybridized carbons (Fsp3) is 0.917. The van der Waals surface area contributed by atoms with Gasteiger partial charge in [0, 0.05) is 18.6 Å². The Morgan fingerprint density at radius 3 is 2.50 bits per heavy atom. The maximum atomic E-state index is 12.3. The molecule has 1 aliphatic carbocycles. The Labute approximate surface area is 97.1 Å². The summed E-state index contributed by atoms with van der Waals surface area (Å²) in [7, 11) is 0. The maximum Gasteiger partial charge on any atom is 0.252 e. The molecule has 0 spiro atoms. The summed E-state index contributed by atoms with van der Waals surface area (Å²) in [6, 6.07) is 0.744. The van der Waals surface area contributed by atoms with Crippen LogP contribution >= 0.6 is 0 Å². The number of amides is 1. The zero-order valence-electron chi connectivity index (χ0n) is 10.2. The van der Waals surface area contributed by atoms with Crippen molar-refractivity contribution in [2.45, 2.75) is 63.8 Å². The lowest BCUT2D eigenvalue weighted by Crippen LogP contribution is -2.45. The summed E-state index contributed by atoms with van der Waals surface area (Å²) < 4.78 is 5.67. The van der Waals surface area contributed by atoms with Gasteiger partial charge in [-0.3, -0.25) is 4.79 Å². The van der Waals surface area contributed by atoms with Crippen molar-refractivity contribution in [3.8, 4) is 0 Å². The zero-order valence-corrected chi connectivity index (χ0v) is 10.2. The van der Waals surface area contributed by atoms with E-state index in [4.69, 9.17) is 10.5 Å². The van der Waals surface area contributed by atoms with Crippen LogP contribution in [0.4, 0.5) is 0 Å². The third-order valence-electron chi connectivity index (χ3n) is 3.40. The van der Waals surface area contributed by atoms with Crippen molar-refractivity contribution >= 4 is 5.91 Å². The van der Waals surface area contributed by atoms with E-state index in [1.165, 1.54) is 0 Å². The standard InChI is InChI=1S/C12H22N2O2/c1-8(2)14(9-3-4-9)12(15)11-6-5-10(7-13)16-11/h8-11H,3-7,13H2,1-2H3/t10-,11+/m1/s1. The summed E-state index contributed by atoms with van der Waals surface area (Å²) in [4.78, 5) is 14.3.